The van der Waals surface area contributed by atoms with E-state index in [1.165, 1.54) is 17.8 Å². The highest BCUT2D eigenvalue weighted by Gasteiger charge is 2.40. The lowest BCUT2D eigenvalue weighted by Gasteiger charge is -2.44. The number of pyridine rings is 1. The van der Waals surface area contributed by atoms with Gasteiger partial charge in [0.05, 0.1) is 16.3 Å². The van der Waals surface area contributed by atoms with Gasteiger partial charge in [-0.2, -0.15) is 13.2 Å². The van der Waals surface area contributed by atoms with Crippen molar-refractivity contribution in [2.75, 3.05) is 31.1 Å². The fourth-order valence-corrected chi connectivity index (χ4v) is 6.03. The summed E-state index contributed by atoms with van der Waals surface area (Å²) in [5.41, 5.74) is 0.743. The van der Waals surface area contributed by atoms with Crippen molar-refractivity contribution in [2.45, 2.75) is 48.8 Å². The van der Waals surface area contributed by atoms with E-state index >= 15 is 0 Å². The number of fused-ring (bicyclic) bond motifs is 1. The minimum Gasteiger partial charge on any atom is -0.488 e. The second kappa shape index (κ2) is 9.50. The number of rotatable bonds is 5. The molecule has 10 heteroatoms. The molecule has 2 unspecified atom stereocenters. The van der Waals surface area contributed by atoms with Gasteiger partial charge in [0.15, 0.2) is 0 Å². The maximum atomic E-state index is 13.1. The summed E-state index contributed by atoms with van der Waals surface area (Å²) < 4.78 is 45.8. The first-order chi connectivity index (χ1) is 15.9. The highest BCUT2D eigenvalue weighted by molar-refractivity contribution is 14.1. The van der Waals surface area contributed by atoms with Crippen LogP contribution in [-0.2, 0) is 15.7 Å². The Morgan fingerprint density at radius 3 is 2.44 bits per heavy atom. The van der Waals surface area contributed by atoms with E-state index in [0.717, 1.165) is 55.1 Å². The van der Waals surface area contributed by atoms with E-state index < -0.39 is 17.3 Å². The Labute approximate surface area is 215 Å². The highest BCUT2D eigenvalue weighted by Crippen LogP contribution is 2.39. The number of benzene rings is 1. The number of thioether (sulfide) groups is 1. The molecule has 0 aliphatic carbocycles. The number of halogens is 4. The Morgan fingerprint density at radius 2 is 1.85 bits per heavy atom. The Balaban J connectivity index is 1.46. The topological polar surface area (TPSA) is 45.7 Å². The number of carbonyl (C=O) groups excluding carboxylic acids is 1. The Morgan fingerprint density at radius 1 is 1.18 bits per heavy atom. The van der Waals surface area contributed by atoms with Crippen molar-refractivity contribution >= 4 is 56.1 Å². The van der Waals surface area contributed by atoms with Crippen molar-refractivity contribution < 1.29 is 22.7 Å². The van der Waals surface area contributed by atoms with E-state index in [-0.39, 0.29) is 14.4 Å². The molecule has 2 aromatic rings. The molecule has 5 nitrogen and oxygen atoms in total. The zero-order valence-corrected chi connectivity index (χ0v) is 22.4. The summed E-state index contributed by atoms with van der Waals surface area (Å²) in [5, 5.41) is 0.812. The van der Waals surface area contributed by atoms with Crippen LogP contribution in [0.5, 0.6) is 0 Å². The van der Waals surface area contributed by atoms with Crippen LogP contribution in [-0.4, -0.2) is 56.1 Å². The largest absolute Gasteiger partial charge is 0.488 e. The predicted octanol–water partition coefficient (Wildman–Crippen LogP) is 5.87. The van der Waals surface area contributed by atoms with Gasteiger partial charge in [0, 0.05) is 49.0 Å². The lowest BCUT2D eigenvalue weighted by Crippen LogP contribution is -2.55. The molecule has 1 aromatic carbocycles. The number of hydrogen-bond acceptors (Lipinski definition) is 6. The lowest BCUT2D eigenvalue weighted by molar-refractivity contribution is -0.137. The second-order valence-electron chi connectivity index (χ2n) is 9.16. The van der Waals surface area contributed by atoms with Crippen molar-refractivity contribution in [3.05, 3.63) is 47.4 Å². The Hall–Kier alpha value is -1.53. The summed E-state index contributed by atoms with van der Waals surface area (Å²) in [5.74, 6) is 0.766. The number of anilines is 1. The quantitative estimate of drug-likeness (QED) is 0.242. The average Bonchev–Trinajstić information content (AvgIpc) is 3.03. The van der Waals surface area contributed by atoms with Crippen LogP contribution in [0.3, 0.4) is 0 Å². The molecule has 184 valence electrons. The SMILES string of the molecule is CC1=C(OC(C)(C)C(I)N2CCN(c3ccnc4cc(C(F)(F)F)ccc34)CC2)C(C)SC1=O. The Bertz CT molecular complexity index is 1130. The van der Waals surface area contributed by atoms with Crippen LogP contribution in [0, 0.1) is 0 Å². The maximum Gasteiger partial charge on any atom is 0.416 e. The van der Waals surface area contributed by atoms with Crippen molar-refractivity contribution in [2.24, 2.45) is 0 Å². The monoisotopic (exact) mass is 605 g/mol. The van der Waals surface area contributed by atoms with Crippen LogP contribution in [0.15, 0.2) is 41.8 Å². The Kier molecular flexibility index (Phi) is 7.14. The molecule has 0 bridgehead atoms. The average molecular weight is 605 g/mol. The van der Waals surface area contributed by atoms with Crippen LogP contribution < -0.4 is 4.90 Å². The van der Waals surface area contributed by atoms with Crippen molar-refractivity contribution in [3.8, 4) is 0 Å². The van der Waals surface area contributed by atoms with Gasteiger partial charge < -0.3 is 9.64 Å². The zero-order valence-electron chi connectivity index (χ0n) is 19.4. The first-order valence-electron chi connectivity index (χ1n) is 11.1. The van der Waals surface area contributed by atoms with E-state index in [1.54, 1.807) is 6.20 Å². The van der Waals surface area contributed by atoms with Crippen molar-refractivity contribution in [1.29, 1.82) is 0 Å². The van der Waals surface area contributed by atoms with E-state index in [4.69, 9.17) is 4.74 Å². The first kappa shape index (κ1) is 25.6. The van der Waals surface area contributed by atoms with Gasteiger partial charge in [-0.3, -0.25) is 14.7 Å². The van der Waals surface area contributed by atoms with Crippen LogP contribution in [0.1, 0.15) is 33.3 Å². The molecule has 0 amide bonds. The maximum absolute atomic E-state index is 13.1. The molecule has 0 N–H and O–H groups in total. The predicted molar refractivity (Wildman–Crippen MR) is 138 cm³/mol. The number of aromatic nitrogens is 1. The summed E-state index contributed by atoms with van der Waals surface area (Å²) in [6.07, 6.45) is -2.82. The van der Waals surface area contributed by atoms with Gasteiger partial charge in [0.25, 0.3) is 0 Å². The molecule has 0 saturated carbocycles. The molecule has 3 heterocycles. The standard InChI is InChI=1S/C24H27F3IN3O2S/c1-14-20(15(2)34-21(14)32)33-23(3,4)22(28)31-11-9-30(10-12-31)19-7-8-29-18-13-16(24(25,26)27)5-6-17(18)19/h5-8,13,15,22H,9-12H2,1-4H3. The van der Waals surface area contributed by atoms with Crippen LogP contribution in [0.25, 0.3) is 10.9 Å². The molecule has 0 spiro atoms. The van der Waals surface area contributed by atoms with Crippen molar-refractivity contribution in [1.82, 2.24) is 9.88 Å². The first-order valence-corrected chi connectivity index (χ1v) is 13.2. The third kappa shape index (κ3) is 5.04. The molecule has 2 aliphatic heterocycles. The van der Waals surface area contributed by atoms with Gasteiger partial charge in [0.2, 0.25) is 5.12 Å². The number of hydrogen-bond donors (Lipinski definition) is 0. The van der Waals surface area contributed by atoms with E-state index in [0.29, 0.717) is 11.1 Å². The summed E-state index contributed by atoms with van der Waals surface area (Å²) in [7, 11) is 0. The number of piperazine rings is 1. The smallest absolute Gasteiger partial charge is 0.416 e. The third-order valence-electron chi connectivity index (χ3n) is 6.30. The molecule has 1 aromatic heterocycles. The van der Waals surface area contributed by atoms with E-state index in [2.05, 4.69) is 37.4 Å². The van der Waals surface area contributed by atoms with E-state index in [1.807, 2.05) is 33.8 Å². The van der Waals surface area contributed by atoms with Gasteiger partial charge in [-0.25, -0.2) is 0 Å². The lowest BCUT2D eigenvalue weighted by atomic mass is 10.1. The molecular formula is C24H27F3IN3O2S. The number of ether oxygens (including phenoxy) is 1. The summed E-state index contributed by atoms with van der Waals surface area (Å²) in [4.78, 5) is 20.8. The normalized spacial score (nSPS) is 21.5. The summed E-state index contributed by atoms with van der Waals surface area (Å²) >= 11 is 3.71. The van der Waals surface area contributed by atoms with Crippen LogP contribution in [0.2, 0.25) is 0 Å². The van der Waals surface area contributed by atoms with Gasteiger partial charge in [-0.1, -0.05) is 40.4 Å². The van der Waals surface area contributed by atoms with E-state index in [9.17, 15) is 18.0 Å². The summed E-state index contributed by atoms with van der Waals surface area (Å²) in [6, 6.07) is 5.61. The minimum absolute atomic E-state index is 0.0186. The second-order valence-corrected chi connectivity index (χ2v) is 11.7. The van der Waals surface area contributed by atoms with Crippen molar-refractivity contribution in [3.63, 3.8) is 0 Å². The highest BCUT2D eigenvalue weighted by atomic mass is 127. The number of alkyl halides is 4. The molecule has 2 aliphatic rings. The molecular weight excluding hydrogens is 578 g/mol. The molecule has 34 heavy (non-hydrogen) atoms. The number of nitrogens with zero attached hydrogens (tertiary/aromatic N) is 3. The molecule has 1 saturated heterocycles. The fraction of sp³-hybridized carbons (Fsp3) is 0.500. The number of carbonyl (C=O) groups is 1. The molecule has 2 atom stereocenters. The van der Waals surface area contributed by atoms with Gasteiger partial charge in [0.1, 0.15) is 15.4 Å². The van der Waals surface area contributed by atoms with Gasteiger partial charge >= 0.3 is 6.18 Å². The third-order valence-corrected chi connectivity index (χ3v) is 9.67. The molecule has 0 radical (unpaired) electrons. The van der Waals surface area contributed by atoms with Gasteiger partial charge in [-0.15, -0.1) is 0 Å². The van der Waals surface area contributed by atoms with Crippen LogP contribution in [0.4, 0.5) is 18.9 Å². The van der Waals surface area contributed by atoms with Gasteiger partial charge in [-0.05, 0) is 45.9 Å². The zero-order chi connectivity index (χ0) is 24.8. The minimum atomic E-state index is -4.39. The molecule has 1 fully saturated rings. The molecule has 4 rings (SSSR count). The summed E-state index contributed by atoms with van der Waals surface area (Å²) in [6.45, 7) is 10.9. The van der Waals surface area contributed by atoms with Crippen LogP contribution >= 0.6 is 34.4 Å². The fourth-order valence-electron chi connectivity index (χ4n) is 4.41.